The zero-order chi connectivity index (χ0) is 18.8. The lowest BCUT2D eigenvalue weighted by atomic mass is 10.1. The van der Waals surface area contributed by atoms with Crippen LogP contribution in [0.4, 0.5) is 10.1 Å². The summed E-state index contributed by atoms with van der Waals surface area (Å²) in [5.41, 5.74) is 3.28. The van der Waals surface area contributed by atoms with Gasteiger partial charge in [-0.1, -0.05) is 17.7 Å². The van der Waals surface area contributed by atoms with Gasteiger partial charge in [0.1, 0.15) is 5.82 Å². The summed E-state index contributed by atoms with van der Waals surface area (Å²) in [5, 5.41) is 0.770. The van der Waals surface area contributed by atoms with Gasteiger partial charge >= 0.3 is 0 Å². The molecule has 1 aromatic heterocycles. The highest BCUT2D eigenvalue weighted by atomic mass is 35.5. The smallest absolute Gasteiger partial charge is 0.209 e. The summed E-state index contributed by atoms with van der Waals surface area (Å²) in [6.07, 6.45) is 1.70. The fourth-order valence-electron chi connectivity index (χ4n) is 3.39. The number of oxazole rings is 1. The molecule has 0 unspecified atom stereocenters. The molecule has 1 aliphatic rings. The molecule has 2 aromatic carbocycles. The molecule has 1 saturated heterocycles. The fourth-order valence-corrected chi connectivity index (χ4v) is 3.56. The molecule has 0 amide bonds. The number of rotatable bonds is 4. The van der Waals surface area contributed by atoms with Crippen molar-refractivity contribution in [3.63, 3.8) is 0 Å². The minimum atomic E-state index is -0.258. The van der Waals surface area contributed by atoms with Gasteiger partial charge < -0.3 is 9.32 Å². The number of nitrogens with zero attached hydrogens (tertiary/aromatic N) is 3. The highest BCUT2D eigenvalue weighted by Gasteiger charge is 2.20. The molecule has 140 valence electrons. The zero-order valence-corrected chi connectivity index (χ0v) is 15.9. The van der Waals surface area contributed by atoms with E-state index in [2.05, 4.69) is 27.8 Å². The van der Waals surface area contributed by atoms with E-state index in [4.69, 9.17) is 16.0 Å². The number of aryl methyl sites for hydroxylation is 1. The van der Waals surface area contributed by atoms with E-state index in [1.54, 1.807) is 18.3 Å². The first kappa shape index (κ1) is 18.0. The highest BCUT2D eigenvalue weighted by Crippen LogP contribution is 2.26. The number of halogens is 2. The summed E-state index contributed by atoms with van der Waals surface area (Å²) in [4.78, 5) is 9.08. The van der Waals surface area contributed by atoms with Gasteiger partial charge in [-0.15, -0.1) is 0 Å². The van der Waals surface area contributed by atoms with Crippen LogP contribution in [0.15, 0.2) is 53.1 Å². The van der Waals surface area contributed by atoms with Crippen LogP contribution in [0.1, 0.15) is 11.5 Å². The van der Waals surface area contributed by atoms with Gasteiger partial charge in [0.05, 0.1) is 12.7 Å². The molecule has 3 aromatic rings. The average molecular weight is 386 g/mol. The van der Waals surface area contributed by atoms with E-state index in [1.165, 1.54) is 23.4 Å². The van der Waals surface area contributed by atoms with E-state index >= 15 is 0 Å². The van der Waals surface area contributed by atoms with E-state index in [0.717, 1.165) is 36.8 Å². The van der Waals surface area contributed by atoms with Crippen LogP contribution in [0.2, 0.25) is 5.02 Å². The van der Waals surface area contributed by atoms with Crippen LogP contribution in [-0.2, 0) is 6.54 Å². The number of anilines is 1. The summed E-state index contributed by atoms with van der Waals surface area (Å²) < 4.78 is 18.9. The first-order chi connectivity index (χ1) is 13.1. The monoisotopic (exact) mass is 385 g/mol. The summed E-state index contributed by atoms with van der Waals surface area (Å²) in [6.45, 7) is 6.52. The van der Waals surface area contributed by atoms with E-state index in [9.17, 15) is 4.39 Å². The molecular weight excluding hydrogens is 365 g/mol. The summed E-state index contributed by atoms with van der Waals surface area (Å²) in [6, 6.07) is 12.3. The second-order valence-corrected chi connectivity index (χ2v) is 7.26. The predicted molar refractivity (Wildman–Crippen MR) is 106 cm³/mol. The standard InChI is InChI=1S/C21H21ClFN3O/c1-15-2-5-17(22)12-19(15)26-10-8-25(9-11-26)14-21-24-13-20(27-21)16-3-6-18(23)7-4-16/h2-7,12-13H,8-11,14H2,1H3. The van der Waals surface area contributed by atoms with Crippen LogP contribution in [0, 0.1) is 12.7 Å². The first-order valence-electron chi connectivity index (χ1n) is 9.02. The van der Waals surface area contributed by atoms with Crippen LogP contribution in [0.25, 0.3) is 11.3 Å². The second kappa shape index (κ2) is 7.71. The first-order valence-corrected chi connectivity index (χ1v) is 9.40. The SMILES string of the molecule is Cc1ccc(Cl)cc1N1CCN(Cc2ncc(-c3ccc(F)cc3)o2)CC1. The highest BCUT2D eigenvalue weighted by molar-refractivity contribution is 6.30. The largest absolute Gasteiger partial charge is 0.439 e. The summed E-state index contributed by atoms with van der Waals surface area (Å²) in [7, 11) is 0. The Morgan fingerprint density at radius 3 is 2.56 bits per heavy atom. The Hall–Kier alpha value is -2.37. The topological polar surface area (TPSA) is 32.5 Å². The Morgan fingerprint density at radius 2 is 1.81 bits per heavy atom. The third-order valence-corrected chi connectivity index (χ3v) is 5.16. The van der Waals surface area contributed by atoms with E-state index < -0.39 is 0 Å². The zero-order valence-electron chi connectivity index (χ0n) is 15.2. The van der Waals surface area contributed by atoms with Crippen LogP contribution in [0.3, 0.4) is 0 Å². The number of benzene rings is 2. The van der Waals surface area contributed by atoms with Crippen molar-refractivity contribution >= 4 is 17.3 Å². The van der Waals surface area contributed by atoms with Gasteiger partial charge in [0, 0.05) is 42.5 Å². The Kier molecular flexibility index (Phi) is 5.14. The molecule has 27 heavy (non-hydrogen) atoms. The number of hydrogen-bond donors (Lipinski definition) is 0. The Morgan fingerprint density at radius 1 is 1.07 bits per heavy atom. The van der Waals surface area contributed by atoms with Crippen molar-refractivity contribution in [2.45, 2.75) is 13.5 Å². The number of hydrogen-bond acceptors (Lipinski definition) is 4. The van der Waals surface area contributed by atoms with Crippen molar-refractivity contribution in [1.29, 1.82) is 0 Å². The maximum atomic E-state index is 13.1. The molecule has 1 aliphatic heterocycles. The van der Waals surface area contributed by atoms with Gasteiger partial charge in [0.25, 0.3) is 0 Å². The normalized spacial score (nSPS) is 15.3. The molecule has 0 bridgehead atoms. The maximum Gasteiger partial charge on any atom is 0.209 e. The molecular formula is C21H21ClFN3O. The van der Waals surface area contributed by atoms with Crippen molar-refractivity contribution < 1.29 is 8.81 Å². The number of aromatic nitrogens is 1. The van der Waals surface area contributed by atoms with Gasteiger partial charge in [0.15, 0.2) is 5.76 Å². The molecule has 2 heterocycles. The molecule has 0 N–H and O–H groups in total. The van der Waals surface area contributed by atoms with Crippen molar-refractivity contribution in [2.75, 3.05) is 31.1 Å². The van der Waals surface area contributed by atoms with Crippen molar-refractivity contribution in [3.8, 4) is 11.3 Å². The van der Waals surface area contributed by atoms with Crippen LogP contribution < -0.4 is 4.90 Å². The molecule has 0 aliphatic carbocycles. The Labute approximate surface area is 163 Å². The molecule has 0 radical (unpaired) electrons. The van der Waals surface area contributed by atoms with Crippen molar-refractivity contribution in [1.82, 2.24) is 9.88 Å². The summed E-state index contributed by atoms with van der Waals surface area (Å²) in [5.74, 6) is 1.09. The van der Waals surface area contributed by atoms with Crippen LogP contribution in [-0.4, -0.2) is 36.1 Å². The average Bonchev–Trinajstić information content (AvgIpc) is 3.13. The lowest BCUT2D eigenvalue weighted by molar-refractivity contribution is 0.227. The Bertz CT molecular complexity index is 917. The molecule has 0 atom stereocenters. The molecule has 0 saturated carbocycles. The van der Waals surface area contributed by atoms with Crippen LogP contribution >= 0.6 is 11.6 Å². The van der Waals surface area contributed by atoms with Gasteiger partial charge in [-0.3, -0.25) is 4.90 Å². The van der Waals surface area contributed by atoms with Gasteiger partial charge in [-0.2, -0.15) is 0 Å². The minimum absolute atomic E-state index is 0.258. The Balaban J connectivity index is 1.37. The van der Waals surface area contributed by atoms with Crippen molar-refractivity contribution in [2.24, 2.45) is 0 Å². The lowest BCUT2D eigenvalue weighted by Gasteiger charge is -2.36. The third kappa shape index (κ3) is 4.15. The van der Waals surface area contributed by atoms with Gasteiger partial charge in [-0.25, -0.2) is 9.37 Å². The molecule has 0 spiro atoms. The van der Waals surface area contributed by atoms with Crippen molar-refractivity contribution in [3.05, 3.63) is 71.0 Å². The summed E-state index contributed by atoms with van der Waals surface area (Å²) >= 11 is 6.15. The lowest BCUT2D eigenvalue weighted by Crippen LogP contribution is -2.46. The van der Waals surface area contributed by atoms with Crippen LogP contribution in [0.5, 0.6) is 0 Å². The van der Waals surface area contributed by atoms with Gasteiger partial charge in [0.2, 0.25) is 5.89 Å². The molecule has 1 fully saturated rings. The van der Waals surface area contributed by atoms with E-state index in [1.807, 2.05) is 12.1 Å². The fraction of sp³-hybridized carbons (Fsp3) is 0.286. The van der Waals surface area contributed by atoms with E-state index in [0.29, 0.717) is 18.2 Å². The van der Waals surface area contributed by atoms with Gasteiger partial charge in [-0.05, 0) is 48.9 Å². The van der Waals surface area contributed by atoms with E-state index in [-0.39, 0.29) is 5.82 Å². The molecule has 6 heteroatoms. The molecule has 4 rings (SSSR count). The maximum absolute atomic E-state index is 13.1. The minimum Gasteiger partial charge on any atom is -0.439 e. The second-order valence-electron chi connectivity index (χ2n) is 6.82. The quantitative estimate of drug-likeness (QED) is 0.648. The third-order valence-electron chi connectivity index (χ3n) is 4.93. The predicted octanol–water partition coefficient (Wildman–Crippen LogP) is 4.76. The molecule has 4 nitrogen and oxygen atoms in total. The number of piperazine rings is 1.